The van der Waals surface area contributed by atoms with E-state index in [0.717, 1.165) is 28.9 Å². The van der Waals surface area contributed by atoms with Crippen LogP contribution in [0.2, 0.25) is 5.02 Å². The fraction of sp³-hybridized carbons (Fsp3) is 0.480. The van der Waals surface area contributed by atoms with Crippen LogP contribution < -0.4 is 4.74 Å². The summed E-state index contributed by atoms with van der Waals surface area (Å²) in [5.74, 6) is 0.0244. The standard InChI is InChI=1S/C25H34ClNO4S3/c1-6-11-27(34(30,32)22-9-7-20(12-17(2)3)23(26)14-22)15-19(5)33-21-8-10-24(18(4)13-21)31-16-25(28)29/h7-10,13-14,17,19H,6,11-12,15-16H2,1-5H3,(H,28,29)/t19-,34?/m1/s1. The van der Waals surface area contributed by atoms with E-state index in [1.807, 2.05) is 42.4 Å². The number of rotatable bonds is 13. The SMILES string of the molecule is CCCN(C[C@@H](C)Sc1ccc(OCC(=O)O)c(C)c1)S(=O)(=S)c1ccc(CC(C)C)c(Cl)c1. The first-order chi connectivity index (χ1) is 15.9. The molecule has 0 aromatic heterocycles. The maximum Gasteiger partial charge on any atom is 0.341 e. The lowest BCUT2D eigenvalue weighted by atomic mass is 10.0. The molecule has 0 radical (unpaired) electrons. The van der Waals surface area contributed by atoms with Gasteiger partial charge in [0, 0.05) is 39.4 Å². The van der Waals surface area contributed by atoms with Crippen molar-refractivity contribution in [1.82, 2.24) is 4.31 Å². The van der Waals surface area contributed by atoms with E-state index in [9.17, 15) is 9.00 Å². The molecule has 0 aliphatic rings. The molecule has 0 fully saturated rings. The first kappa shape index (κ1) is 28.9. The Bertz CT molecular complexity index is 1090. The van der Waals surface area contributed by atoms with E-state index in [-0.39, 0.29) is 11.9 Å². The van der Waals surface area contributed by atoms with Gasteiger partial charge in [-0.15, -0.1) is 11.8 Å². The largest absolute Gasteiger partial charge is 0.482 e. The van der Waals surface area contributed by atoms with E-state index in [4.69, 9.17) is 32.6 Å². The fourth-order valence-electron chi connectivity index (χ4n) is 3.55. The Hall–Kier alpha value is -1.32. The molecule has 0 saturated carbocycles. The van der Waals surface area contributed by atoms with Gasteiger partial charge in [0.1, 0.15) is 14.4 Å². The molecule has 1 N–H and O–H groups in total. The Morgan fingerprint density at radius 2 is 1.94 bits per heavy atom. The first-order valence-corrected chi connectivity index (χ1v) is 15.0. The van der Waals surface area contributed by atoms with E-state index in [0.29, 0.717) is 34.7 Å². The van der Waals surface area contributed by atoms with Crippen LogP contribution >= 0.6 is 23.4 Å². The number of nitrogens with zero attached hydrogens (tertiary/aromatic N) is 1. The molecule has 1 unspecified atom stereocenters. The topological polar surface area (TPSA) is 66.8 Å². The van der Waals surface area contributed by atoms with Gasteiger partial charge in [-0.25, -0.2) is 13.3 Å². The maximum atomic E-state index is 13.8. The number of halogens is 1. The van der Waals surface area contributed by atoms with Gasteiger partial charge in [-0.3, -0.25) is 0 Å². The predicted octanol–water partition coefficient (Wildman–Crippen LogP) is 6.22. The van der Waals surface area contributed by atoms with Crippen molar-refractivity contribution in [2.24, 2.45) is 5.92 Å². The second-order valence-corrected chi connectivity index (χ2v) is 14.0. The van der Waals surface area contributed by atoms with Gasteiger partial charge in [0.25, 0.3) is 0 Å². The summed E-state index contributed by atoms with van der Waals surface area (Å²) >= 11 is 13.8. The van der Waals surface area contributed by atoms with Gasteiger partial charge in [-0.2, -0.15) is 0 Å². The monoisotopic (exact) mass is 543 g/mol. The van der Waals surface area contributed by atoms with Crippen LogP contribution in [0.5, 0.6) is 5.75 Å². The Kier molecular flexibility index (Phi) is 11.2. The molecule has 2 aromatic rings. The predicted molar refractivity (Wildman–Crippen MR) is 145 cm³/mol. The summed E-state index contributed by atoms with van der Waals surface area (Å²) in [6.07, 6.45) is 1.70. The Morgan fingerprint density at radius 1 is 1.24 bits per heavy atom. The van der Waals surface area contributed by atoms with E-state index in [2.05, 4.69) is 20.8 Å². The molecule has 188 valence electrons. The lowest BCUT2D eigenvalue weighted by Gasteiger charge is -2.27. The normalized spacial score (nSPS) is 14.2. The molecule has 0 saturated heterocycles. The number of aryl methyl sites for hydroxylation is 1. The molecule has 0 aliphatic carbocycles. The zero-order valence-corrected chi connectivity index (χ0v) is 23.6. The van der Waals surface area contributed by atoms with E-state index < -0.39 is 14.6 Å². The van der Waals surface area contributed by atoms with Crippen molar-refractivity contribution in [1.29, 1.82) is 0 Å². The number of carboxylic acids is 1. The van der Waals surface area contributed by atoms with Gasteiger partial charge >= 0.3 is 5.97 Å². The molecule has 2 atom stereocenters. The van der Waals surface area contributed by atoms with Crippen molar-refractivity contribution in [2.45, 2.75) is 62.5 Å². The summed E-state index contributed by atoms with van der Waals surface area (Å²) in [5, 5.41) is 9.54. The smallest absolute Gasteiger partial charge is 0.341 e. The fourth-order valence-corrected chi connectivity index (χ4v) is 7.45. The Morgan fingerprint density at radius 3 is 2.50 bits per heavy atom. The van der Waals surface area contributed by atoms with Crippen LogP contribution in [0.4, 0.5) is 0 Å². The molecule has 0 bridgehead atoms. The number of hydrogen-bond acceptors (Lipinski definition) is 5. The van der Waals surface area contributed by atoms with E-state index in [1.165, 1.54) is 0 Å². The van der Waals surface area contributed by atoms with Gasteiger partial charge in [0.2, 0.25) is 0 Å². The number of carbonyl (C=O) groups is 1. The number of hydrogen-bond donors (Lipinski definition) is 1. The van der Waals surface area contributed by atoms with Gasteiger partial charge in [-0.1, -0.05) is 45.4 Å². The molecule has 0 spiro atoms. The minimum Gasteiger partial charge on any atom is -0.482 e. The molecular formula is C25H34ClNO4S3. The van der Waals surface area contributed by atoms with Gasteiger partial charge < -0.3 is 9.84 Å². The molecule has 0 amide bonds. The van der Waals surface area contributed by atoms with Gasteiger partial charge in [-0.05, 0) is 67.1 Å². The highest BCUT2D eigenvalue weighted by Gasteiger charge is 2.23. The number of benzene rings is 2. The molecule has 0 heterocycles. The third kappa shape index (κ3) is 8.41. The van der Waals surface area contributed by atoms with E-state index >= 15 is 0 Å². The second-order valence-electron chi connectivity index (χ2n) is 8.75. The van der Waals surface area contributed by atoms with Crippen LogP contribution in [0.3, 0.4) is 0 Å². The highest BCUT2D eigenvalue weighted by atomic mass is 35.5. The van der Waals surface area contributed by atoms with Crippen LogP contribution in [-0.2, 0) is 31.1 Å². The van der Waals surface area contributed by atoms with Crippen LogP contribution in [0.1, 0.15) is 45.2 Å². The van der Waals surface area contributed by atoms with Crippen molar-refractivity contribution in [2.75, 3.05) is 19.7 Å². The van der Waals surface area contributed by atoms with E-state index in [1.54, 1.807) is 23.9 Å². The minimum absolute atomic E-state index is 0.121. The molecule has 9 heteroatoms. The second kappa shape index (κ2) is 13.1. The zero-order valence-electron chi connectivity index (χ0n) is 20.4. The molecule has 2 aromatic carbocycles. The van der Waals surface area contributed by atoms with Gasteiger partial charge in [0.15, 0.2) is 6.61 Å². The molecule has 34 heavy (non-hydrogen) atoms. The Balaban J connectivity index is 2.15. The van der Waals surface area contributed by atoms with Crippen molar-refractivity contribution in [3.63, 3.8) is 0 Å². The molecule has 0 aliphatic heterocycles. The summed E-state index contributed by atoms with van der Waals surface area (Å²) in [4.78, 5) is 12.4. The van der Waals surface area contributed by atoms with Gasteiger partial charge in [0.05, 0.1) is 4.90 Å². The summed E-state index contributed by atoms with van der Waals surface area (Å²) in [6.45, 7) is 11.1. The minimum atomic E-state index is -2.86. The zero-order chi connectivity index (χ0) is 25.5. The number of carboxylic acid groups (broad SMARTS) is 1. The van der Waals surface area contributed by atoms with Crippen molar-refractivity contribution >= 4 is 49.2 Å². The van der Waals surface area contributed by atoms with Crippen molar-refractivity contribution < 1.29 is 18.8 Å². The van der Waals surface area contributed by atoms with Crippen LogP contribution in [-0.4, -0.2) is 44.5 Å². The Labute approximate surface area is 218 Å². The average molecular weight is 544 g/mol. The first-order valence-electron chi connectivity index (χ1n) is 11.3. The molecular weight excluding hydrogens is 510 g/mol. The maximum absolute atomic E-state index is 13.8. The molecule has 5 nitrogen and oxygen atoms in total. The third-order valence-electron chi connectivity index (χ3n) is 5.06. The summed E-state index contributed by atoms with van der Waals surface area (Å²) < 4.78 is 21.0. The lowest BCUT2D eigenvalue weighted by molar-refractivity contribution is -0.139. The highest BCUT2D eigenvalue weighted by Crippen LogP contribution is 2.31. The molecule has 2 rings (SSSR count). The summed E-state index contributed by atoms with van der Waals surface area (Å²) in [6, 6.07) is 11.2. The quantitative estimate of drug-likeness (QED) is 0.302. The highest BCUT2D eigenvalue weighted by molar-refractivity contribution is 8.31. The van der Waals surface area contributed by atoms with Crippen molar-refractivity contribution in [3.8, 4) is 5.75 Å². The van der Waals surface area contributed by atoms with Crippen LogP contribution in [0, 0.1) is 12.8 Å². The van der Waals surface area contributed by atoms with Crippen LogP contribution in [0.15, 0.2) is 46.2 Å². The average Bonchev–Trinajstić information content (AvgIpc) is 2.73. The number of aliphatic carboxylic acids is 1. The summed E-state index contributed by atoms with van der Waals surface area (Å²) in [5.41, 5.74) is 1.91. The number of ether oxygens (including phenoxy) is 1. The number of thioether (sulfide) groups is 1. The third-order valence-corrected chi connectivity index (χ3v) is 9.56. The van der Waals surface area contributed by atoms with Crippen molar-refractivity contribution in [3.05, 3.63) is 52.5 Å². The lowest BCUT2D eigenvalue weighted by Crippen LogP contribution is -2.35. The van der Waals surface area contributed by atoms with Crippen LogP contribution in [0.25, 0.3) is 0 Å². The summed E-state index contributed by atoms with van der Waals surface area (Å²) in [7, 11) is -2.86.